The van der Waals surface area contributed by atoms with E-state index in [-0.39, 0.29) is 18.5 Å². The van der Waals surface area contributed by atoms with E-state index in [4.69, 9.17) is 0 Å². The molecule has 1 atom stereocenters. The first-order chi connectivity index (χ1) is 11.3. The third kappa shape index (κ3) is 2.69. The zero-order valence-corrected chi connectivity index (χ0v) is 12.7. The number of hydrogen-bond donors (Lipinski definition) is 0. The fourth-order valence-electron chi connectivity index (χ4n) is 3.16. The van der Waals surface area contributed by atoms with Crippen LogP contribution in [0.4, 0.5) is 0 Å². The number of hydrogen-bond acceptors (Lipinski definition) is 4. The molecule has 3 heterocycles. The minimum Gasteiger partial charge on any atom is -0.339 e. The van der Waals surface area contributed by atoms with Crippen LogP contribution in [-0.4, -0.2) is 48.7 Å². The van der Waals surface area contributed by atoms with E-state index >= 15 is 0 Å². The van der Waals surface area contributed by atoms with Crippen LogP contribution < -0.4 is 0 Å². The van der Waals surface area contributed by atoms with Crippen molar-refractivity contribution in [2.24, 2.45) is 0 Å². The van der Waals surface area contributed by atoms with Crippen LogP contribution in [0.3, 0.4) is 0 Å². The molecule has 1 aromatic carbocycles. The predicted octanol–water partition coefficient (Wildman–Crippen LogP) is 1.49. The van der Waals surface area contributed by atoms with E-state index < -0.39 is 0 Å². The number of piperidine rings is 1. The highest BCUT2D eigenvalue weighted by atomic mass is 16.2. The molecule has 0 bridgehead atoms. The maximum atomic E-state index is 12.6. The van der Waals surface area contributed by atoms with Gasteiger partial charge in [0.25, 0.3) is 0 Å². The lowest BCUT2D eigenvalue weighted by Crippen LogP contribution is -2.42. The van der Waals surface area contributed by atoms with Gasteiger partial charge in [0.1, 0.15) is 12.1 Å². The third-order valence-corrected chi connectivity index (χ3v) is 4.35. The molecule has 4 rings (SSSR count). The van der Waals surface area contributed by atoms with Gasteiger partial charge in [-0.25, -0.2) is 4.68 Å². The second kappa shape index (κ2) is 5.83. The van der Waals surface area contributed by atoms with Gasteiger partial charge in [0.15, 0.2) is 0 Å². The number of amides is 1. The highest BCUT2D eigenvalue weighted by Crippen LogP contribution is 2.21. The average molecular weight is 310 g/mol. The van der Waals surface area contributed by atoms with Crippen molar-refractivity contribution in [3.05, 3.63) is 42.7 Å². The summed E-state index contributed by atoms with van der Waals surface area (Å²) in [5.74, 6) is 0.0810. The number of carbonyl (C=O) groups excluding carboxylic acids is 1. The van der Waals surface area contributed by atoms with E-state index in [1.807, 2.05) is 46.1 Å². The van der Waals surface area contributed by atoms with Crippen LogP contribution in [0.1, 0.15) is 18.9 Å². The summed E-state index contributed by atoms with van der Waals surface area (Å²) in [6.07, 6.45) is 5.79. The van der Waals surface area contributed by atoms with Crippen LogP contribution in [0.25, 0.3) is 11.0 Å². The van der Waals surface area contributed by atoms with Crippen molar-refractivity contribution >= 4 is 16.9 Å². The SMILES string of the molecule is O=C(Cn1nnc2ccccc21)N1CCC[C@H](n2cccn2)C1. The first-order valence-corrected chi connectivity index (χ1v) is 7.86. The number of fused-ring (bicyclic) bond motifs is 1. The van der Waals surface area contributed by atoms with Crippen molar-refractivity contribution in [3.8, 4) is 0 Å². The summed E-state index contributed by atoms with van der Waals surface area (Å²) in [5, 5.41) is 12.5. The first-order valence-electron chi connectivity index (χ1n) is 7.86. The molecule has 0 N–H and O–H groups in total. The van der Waals surface area contributed by atoms with Gasteiger partial charge in [-0.3, -0.25) is 9.48 Å². The van der Waals surface area contributed by atoms with Gasteiger partial charge in [-0.05, 0) is 31.0 Å². The van der Waals surface area contributed by atoms with E-state index in [1.54, 1.807) is 10.9 Å². The molecule has 0 saturated carbocycles. The molecular formula is C16H18N6O. The number of benzene rings is 1. The van der Waals surface area contributed by atoms with Crippen molar-refractivity contribution in [2.45, 2.75) is 25.4 Å². The summed E-state index contributed by atoms with van der Waals surface area (Å²) in [5.41, 5.74) is 1.70. The van der Waals surface area contributed by atoms with Crippen molar-refractivity contribution in [1.82, 2.24) is 29.7 Å². The quantitative estimate of drug-likeness (QED) is 0.735. The summed E-state index contributed by atoms with van der Waals surface area (Å²) in [6.45, 7) is 1.72. The smallest absolute Gasteiger partial charge is 0.244 e. The summed E-state index contributed by atoms with van der Waals surface area (Å²) in [7, 11) is 0. The fraction of sp³-hybridized carbons (Fsp3) is 0.375. The Balaban J connectivity index is 1.48. The molecule has 118 valence electrons. The Kier molecular flexibility index (Phi) is 3.53. The van der Waals surface area contributed by atoms with E-state index in [2.05, 4.69) is 15.4 Å². The second-order valence-electron chi connectivity index (χ2n) is 5.86. The summed E-state index contributed by atoms with van der Waals surface area (Å²) in [6, 6.07) is 9.87. The monoisotopic (exact) mass is 310 g/mol. The Morgan fingerprint density at radius 3 is 3.04 bits per heavy atom. The van der Waals surface area contributed by atoms with Gasteiger partial charge in [0, 0.05) is 25.5 Å². The van der Waals surface area contributed by atoms with Crippen LogP contribution in [0, 0.1) is 0 Å². The zero-order valence-electron chi connectivity index (χ0n) is 12.7. The van der Waals surface area contributed by atoms with Crippen LogP contribution in [0.15, 0.2) is 42.7 Å². The molecule has 1 fully saturated rings. The number of carbonyl (C=O) groups is 1. The minimum atomic E-state index is 0.0810. The van der Waals surface area contributed by atoms with Crippen molar-refractivity contribution < 1.29 is 4.79 Å². The molecule has 0 spiro atoms. The lowest BCUT2D eigenvalue weighted by Gasteiger charge is -2.32. The maximum absolute atomic E-state index is 12.6. The Hall–Kier alpha value is -2.70. The molecule has 1 saturated heterocycles. The maximum Gasteiger partial charge on any atom is 0.244 e. The molecule has 7 heteroatoms. The highest BCUT2D eigenvalue weighted by molar-refractivity contribution is 5.79. The third-order valence-electron chi connectivity index (χ3n) is 4.35. The second-order valence-corrected chi connectivity index (χ2v) is 5.86. The minimum absolute atomic E-state index is 0.0810. The van der Waals surface area contributed by atoms with Gasteiger partial charge in [-0.15, -0.1) is 5.10 Å². The van der Waals surface area contributed by atoms with E-state index in [9.17, 15) is 4.79 Å². The van der Waals surface area contributed by atoms with E-state index in [0.717, 1.165) is 30.4 Å². The molecule has 1 aliphatic heterocycles. The van der Waals surface area contributed by atoms with Crippen LogP contribution >= 0.6 is 0 Å². The highest BCUT2D eigenvalue weighted by Gasteiger charge is 2.25. The Labute approximate surface area is 133 Å². The Morgan fingerprint density at radius 2 is 2.17 bits per heavy atom. The standard InChI is InChI=1S/C16H18N6O/c23-16(12-22-15-7-2-1-6-14(15)18-19-22)20-9-3-5-13(11-20)21-10-4-8-17-21/h1-2,4,6-8,10,13H,3,5,9,11-12H2/t13-/m0/s1. The van der Waals surface area contributed by atoms with Gasteiger partial charge < -0.3 is 4.90 Å². The van der Waals surface area contributed by atoms with Gasteiger partial charge in [-0.1, -0.05) is 17.3 Å². The fourth-order valence-corrected chi connectivity index (χ4v) is 3.16. The van der Waals surface area contributed by atoms with Gasteiger partial charge in [0.05, 0.1) is 11.6 Å². The lowest BCUT2D eigenvalue weighted by atomic mass is 10.1. The Bertz CT molecular complexity index is 809. The topological polar surface area (TPSA) is 68.8 Å². The summed E-state index contributed by atoms with van der Waals surface area (Å²) in [4.78, 5) is 14.5. The van der Waals surface area contributed by atoms with Crippen molar-refractivity contribution in [3.63, 3.8) is 0 Å². The number of aromatic nitrogens is 5. The summed E-state index contributed by atoms with van der Waals surface area (Å²) >= 11 is 0. The van der Waals surface area contributed by atoms with Crippen molar-refractivity contribution in [1.29, 1.82) is 0 Å². The molecule has 1 amide bonds. The number of nitrogens with zero attached hydrogens (tertiary/aromatic N) is 6. The molecule has 7 nitrogen and oxygen atoms in total. The number of likely N-dealkylation sites (tertiary alicyclic amines) is 1. The normalized spacial score (nSPS) is 18.4. The summed E-state index contributed by atoms with van der Waals surface area (Å²) < 4.78 is 3.62. The van der Waals surface area contributed by atoms with Crippen LogP contribution in [0.5, 0.6) is 0 Å². The van der Waals surface area contributed by atoms with Gasteiger partial charge in [0.2, 0.25) is 5.91 Å². The van der Waals surface area contributed by atoms with Crippen LogP contribution in [0.2, 0.25) is 0 Å². The van der Waals surface area contributed by atoms with Gasteiger partial charge >= 0.3 is 0 Å². The predicted molar refractivity (Wildman–Crippen MR) is 84.6 cm³/mol. The molecule has 3 aromatic rings. The van der Waals surface area contributed by atoms with Gasteiger partial charge in [-0.2, -0.15) is 5.10 Å². The first kappa shape index (κ1) is 13.9. The van der Waals surface area contributed by atoms with Crippen LogP contribution in [-0.2, 0) is 11.3 Å². The lowest BCUT2D eigenvalue weighted by molar-refractivity contribution is -0.133. The van der Waals surface area contributed by atoms with E-state index in [1.165, 1.54) is 0 Å². The van der Waals surface area contributed by atoms with Crippen molar-refractivity contribution in [2.75, 3.05) is 13.1 Å². The zero-order chi connectivity index (χ0) is 15.6. The molecule has 1 aliphatic rings. The molecule has 2 aromatic heterocycles. The molecule has 0 unspecified atom stereocenters. The van der Waals surface area contributed by atoms with E-state index in [0.29, 0.717) is 6.54 Å². The number of rotatable bonds is 3. The largest absolute Gasteiger partial charge is 0.339 e. The molecule has 23 heavy (non-hydrogen) atoms. The number of para-hydroxylation sites is 1. The Morgan fingerprint density at radius 1 is 1.26 bits per heavy atom. The molecular weight excluding hydrogens is 292 g/mol. The molecule has 0 radical (unpaired) electrons. The molecule has 0 aliphatic carbocycles. The average Bonchev–Trinajstić information content (AvgIpc) is 3.25.